The molecule has 1 fully saturated rings. The largest absolute Gasteiger partial charge is 0.493 e. The Morgan fingerprint density at radius 1 is 1.10 bits per heavy atom. The Kier molecular flexibility index (Phi) is 4.62. The quantitative estimate of drug-likeness (QED) is 0.821. The van der Waals surface area contributed by atoms with Crippen molar-refractivity contribution < 1.29 is 4.74 Å². The van der Waals surface area contributed by atoms with Crippen molar-refractivity contribution in [2.75, 3.05) is 6.61 Å². The lowest BCUT2D eigenvalue weighted by molar-refractivity contribution is 0.239. The van der Waals surface area contributed by atoms with Gasteiger partial charge in [0.15, 0.2) is 0 Å². The summed E-state index contributed by atoms with van der Waals surface area (Å²) in [6.07, 6.45) is 9.37. The van der Waals surface area contributed by atoms with Crippen LogP contribution in [0.15, 0.2) is 24.3 Å². The van der Waals surface area contributed by atoms with Crippen LogP contribution in [-0.4, -0.2) is 12.6 Å². The first-order chi connectivity index (χ1) is 9.86. The molecule has 3 rings (SSSR count). The number of nitrogens with one attached hydrogen (secondary N) is 1. The van der Waals surface area contributed by atoms with Crippen LogP contribution >= 0.6 is 0 Å². The van der Waals surface area contributed by atoms with Gasteiger partial charge in [-0.2, -0.15) is 0 Å². The Labute approximate surface area is 122 Å². The minimum Gasteiger partial charge on any atom is -0.493 e. The summed E-state index contributed by atoms with van der Waals surface area (Å²) in [4.78, 5) is 0. The maximum absolute atomic E-state index is 5.76. The van der Waals surface area contributed by atoms with Crippen molar-refractivity contribution in [3.8, 4) is 5.75 Å². The van der Waals surface area contributed by atoms with Crippen molar-refractivity contribution in [2.24, 2.45) is 5.92 Å². The topological polar surface area (TPSA) is 21.3 Å². The van der Waals surface area contributed by atoms with Gasteiger partial charge in [-0.3, -0.25) is 0 Å². The van der Waals surface area contributed by atoms with Gasteiger partial charge >= 0.3 is 0 Å². The Morgan fingerprint density at radius 2 is 2.00 bits per heavy atom. The summed E-state index contributed by atoms with van der Waals surface area (Å²) in [5.74, 6) is 2.04. The van der Waals surface area contributed by atoms with Gasteiger partial charge in [-0.15, -0.1) is 0 Å². The van der Waals surface area contributed by atoms with Crippen molar-refractivity contribution in [3.05, 3.63) is 29.8 Å². The highest BCUT2D eigenvalue weighted by Crippen LogP contribution is 2.33. The zero-order valence-electron chi connectivity index (χ0n) is 12.6. The number of hydrogen-bond donors (Lipinski definition) is 1. The number of benzene rings is 1. The van der Waals surface area contributed by atoms with Crippen molar-refractivity contribution in [3.63, 3.8) is 0 Å². The van der Waals surface area contributed by atoms with Crippen LogP contribution in [0.4, 0.5) is 0 Å². The fourth-order valence-corrected chi connectivity index (χ4v) is 3.75. The van der Waals surface area contributed by atoms with Crippen LogP contribution in [0.1, 0.15) is 63.5 Å². The van der Waals surface area contributed by atoms with E-state index in [9.17, 15) is 0 Å². The fourth-order valence-electron chi connectivity index (χ4n) is 3.75. The van der Waals surface area contributed by atoms with E-state index < -0.39 is 0 Å². The average Bonchev–Trinajstić information content (AvgIpc) is 2.73. The van der Waals surface area contributed by atoms with E-state index >= 15 is 0 Å². The first-order valence-corrected chi connectivity index (χ1v) is 8.34. The highest BCUT2D eigenvalue weighted by atomic mass is 16.5. The molecule has 1 saturated carbocycles. The molecule has 1 aliphatic carbocycles. The molecule has 3 atom stereocenters. The van der Waals surface area contributed by atoms with Crippen molar-refractivity contribution in [1.82, 2.24) is 5.32 Å². The number of para-hydroxylation sites is 1. The Morgan fingerprint density at radius 3 is 2.90 bits per heavy atom. The average molecular weight is 273 g/mol. The summed E-state index contributed by atoms with van der Waals surface area (Å²) in [5, 5.41) is 3.92. The lowest BCUT2D eigenvalue weighted by atomic mass is 9.96. The summed E-state index contributed by atoms with van der Waals surface area (Å²) in [6, 6.07) is 9.70. The first kappa shape index (κ1) is 13.9. The van der Waals surface area contributed by atoms with Gasteiger partial charge in [0.2, 0.25) is 0 Å². The van der Waals surface area contributed by atoms with Crippen LogP contribution in [0.2, 0.25) is 0 Å². The Bertz CT molecular complexity index is 431. The zero-order valence-corrected chi connectivity index (χ0v) is 12.6. The second kappa shape index (κ2) is 6.62. The molecule has 0 saturated heterocycles. The lowest BCUT2D eigenvalue weighted by Gasteiger charge is -2.30. The van der Waals surface area contributed by atoms with Gasteiger partial charge < -0.3 is 10.1 Å². The minimum absolute atomic E-state index is 0.489. The van der Waals surface area contributed by atoms with Gasteiger partial charge in [0.1, 0.15) is 5.75 Å². The molecular weight excluding hydrogens is 246 g/mol. The van der Waals surface area contributed by atoms with Crippen LogP contribution in [0, 0.1) is 5.92 Å². The molecule has 0 aromatic heterocycles. The number of ether oxygens (including phenoxy) is 1. The molecule has 0 radical (unpaired) electrons. The second-order valence-electron chi connectivity index (χ2n) is 6.37. The number of hydrogen-bond acceptors (Lipinski definition) is 2. The molecule has 1 N–H and O–H groups in total. The molecule has 2 heteroatoms. The Balaban J connectivity index is 1.64. The van der Waals surface area contributed by atoms with Gasteiger partial charge in [0, 0.05) is 24.1 Å². The van der Waals surface area contributed by atoms with E-state index in [0.29, 0.717) is 12.1 Å². The minimum atomic E-state index is 0.489. The van der Waals surface area contributed by atoms with Crippen LogP contribution in [0.3, 0.4) is 0 Å². The van der Waals surface area contributed by atoms with Gasteiger partial charge in [-0.25, -0.2) is 0 Å². The van der Waals surface area contributed by atoms with Gasteiger partial charge in [-0.05, 0) is 31.2 Å². The molecule has 1 aromatic rings. The molecule has 1 aliphatic heterocycles. The summed E-state index contributed by atoms with van der Waals surface area (Å²) in [5.41, 5.74) is 1.36. The third-order valence-corrected chi connectivity index (χ3v) is 5.06. The highest BCUT2D eigenvalue weighted by molar-refractivity contribution is 5.37. The smallest absolute Gasteiger partial charge is 0.124 e. The number of rotatable bonds is 3. The first-order valence-electron chi connectivity index (χ1n) is 8.34. The molecule has 3 unspecified atom stereocenters. The van der Waals surface area contributed by atoms with Gasteiger partial charge in [0.25, 0.3) is 0 Å². The van der Waals surface area contributed by atoms with E-state index in [4.69, 9.17) is 4.74 Å². The van der Waals surface area contributed by atoms with Crippen molar-refractivity contribution in [1.29, 1.82) is 0 Å². The third-order valence-electron chi connectivity index (χ3n) is 5.06. The van der Waals surface area contributed by atoms with E-state index in [-0.39, 0.29) is 0 Å². The van der Waals surface area contributed by atoms with Crippen molar-refractivity contribution >= 4 is 0 Å². The van der Waals surface area contributed by atoms with Crippen LogP contribution in [-0.2, 0) is 0 Å². The summed E-state index contributed by atoms with van der Waals surface area (Å²) in [7, 11) is 0. The lowest BCUT2D eigenvalue weighted by Crippen LogP contribution is -2.35. The predicted molar refractivity (Wildman–Crippen MR) is 83.1 cm³/mol. The van der Waals surface area contributed by atoms with E-state index in [1.165, 1.54) is 44.1 Å². The molecule has 2 nitrogen and oxygen atoms in total. The van der Waals surface area contributed by atoms with E-state index in [2.05, 4.69) is 36.5 Å². The SMILES string of the molecule is CCC1CCCC(NC2CCOc3ccccc32)CC1. The zero-order chi connectivity index (χ0) is 13.8. The van der Waals surface area contributed by atoms with Crippen LogP contribution in [0.5, 0.6) is 5.75 Å². The van der Waals surface area contributed by atoms with E-state index in [1.54, 1.807) is 0 Å². The molecule has 1 aromatic carbocycles. The maximum Gasteiger partial charge on any atom is 0.124 e. The maximum atomic E-state index is 5.76. The second-order valence-corrected chi connectivity index (χ2v) is 6.37. The van der Waals surface area contributed by atoms with E-state index in [1.807, 2.05) is 0 Å². The summed E-state index contributed by atoms with van der Waals surface area (Å²) in [6.45, 7) is 3.19. The van der Waals surface area contributed by atoms with Gasteiger partial charge in [0.05, 0.1) is 6.61 Å². The molecule has 0 amide bonds. The predicted octanol–water partition coefficient (Wildman–Crippen LogP) is 4.46. The summed E-state index contributed by atoms with van der Waals surface area (Å²) >= 11 is 0. The molecular formula is C18H27NO. The van der Waals surface area contributed by atoms with E-state index in [0.717, 1.165) is 24.7 Å². The fraction of sp³-hybridized carbons (Fsp3) is 0.667. The normalized spacial score (nSPS) is 30.1. The third kappa shape index (κ3) is 3.17. The molecule has 0 bridgehead atoms. The highest BCUT2D eigenvalue weighted by Gasteiger charge is 2.25. The monoisotopic (exact) mass is 273 g/mol. The molecule has 0 spiro atoms. The number of fused-ring (bicyclic) bond motifs is 1. The molecule has 1 heterocycles. The molecule has 110 valence electrons. The van der Waals surface area contributed by atoms with Crippen LogP contribution in [0.25, 0.3) is 0 Å². The van der Waals surface area contributed by atoms with Gasteiger partial charge in [-0.1, -0.05) is 44.4 Å². The van der Waals surface area contributed by atoms with Crippen LogP contribution < -0.4 is 10.1 Å². The molecule has 20 heavy (non-hydrogen) atoms. The Hall–Kier alpha value is -1.02. The van der Waals surface area contributed by atoms with Crippen molar-refractivity contribution in [2.45, 2.75) is 64.0 Å². The summed E-state index contributed by atoms with van der Waals surface area (Å²) < 4.78 is 5.76. The standard InChI is InChI=1S/C18H27NO/c1-2-14-6-5-7-15(11-10-14)19-17-12-13-20-18-9-4-3-8-16(17)18/h3-4,8-9,14-15,17,19H,2,5-7,10-13H2,1H3. The molecule has 2 aliphatic rings.